The van der Waals surface area contributed by atoms with Gasteiger partial charge >= 0.3 is 0 Å². The van der Waals surface area contributed by atoms with Gasteiger partial charge in [0.05, 0.1) is 16.3 Å². The Kier molecular flexibility index (Phi) is 4.14. The molecule has 2 aromatic rings. The van der Waals surface area contributed by atoms with Gasteiger partial charge in [0.15, 0.2) is 0 Å². The van der Waals surface area contributed by atoms with Crippen LogP contribution < -0.4 is 11.1 Å². The molecule has 0 aliphatic carbocycles. The zero-order chi connectivity index (χ0) is 13.8. The average molecular weight is 291 g/mol. The van der Waals surface area contributed by atoms with Crippen molar-refractivity contribution in [2.45, 2.75) is 0 Å². The van der Waals surface area contributed by atoms with Crippen LogP contribution in [0, 0.1) is 0 Å². The van der Waals surface area contributed by atoms with E-state index in [1.54, 1.807) is 48.5 Å². The first-order valence-corrected chi connectivity index (χ1v) is 6.33. The monoisotopic (exact) mass is 290 g/mol. The van der Waals surface area contributed by atoms with Gasteiger partial charge in [-0.1, -0.05) is 48.1 Å². The third-order valence-corrected chi connectivity index (χ3v) is 3.11. The third kappa shape index (κ3) is 3.10. The summed E-state index contributed by atoms with van der Waals surface area (Å²) in [5.74, 6) is -0.297. The Morgan fingerprint density at radius 3 is 2.26 bits per heavy atom. The van der Waals surface area contributed by atoms with Crippen molar-refractivity contribution < 1.29 is 4.79 Å². The second kappa shape index (κ2) is 5.82. The number of benzene rings is 2. The first kappa shape index (κ1) is 13.5. The smallest absolute Gasteiger partial charge is 0.257 e. The number of para-hydroxylation sites is 1. The summed E-state index contributed by atoms with van der Waals surface area (Å²) in [6, 6.07) is 13.9. The van der Waals surface area contributed by atoms with Crippen LogP contribution in [0.15, 0.2) is 48.5 Å². The Balaban J connectivity index is 2.30. The Bertz CT molecular complexity index is 643. The Labute approximate surface area is 121 Å². The molecule has 0 aliphatic rings. The lowest BCUT2D eigenvalue weighted by Crippen LogP contribution is -2.17. The molecule has 0 heterocycles. The van der Waals surface area contributed by atoms with Gasteiger partial charge in [-0.3, -0.25) is 4.79 Å². The van der Waals surface area contributed by atoms with Gasteiger partial charge < -0.3 is 11.1 Å². The molecular formula is C14H11ClN2OS. The Morgan fingerprint density at radius 2 is 1.63 bits per heavy atom. The zero-order valence-electron chi connectivity index (χ0n) is 9.89. The molecule has 5 heteroatoms. The van der Waals surface area contributed by atoms with Crippen LogP contribution in [-0.2, 0) is 0 Å². The van der Waals surface area contributed by atoms with Gasteiger partial charge in [-0.2, -0.15) is 0 Å². The molecule has 0 radical (unpaired) electrons. The van der Waals surface area contributed by atoms with E-state index in [9.17, 15) is 4.79 Å². The molecule has 3 nitrogen and oxygen atoms in total. The van der Waals surface area contributed by atoms with E-state index < -0.39 is 0 Å². The molecule has 19 heavy (non-hydrogen) atoms. The van der Waals surface area contributed by atoms with Crippen LogP contribution >= 0.6 is 23.8 Å². The van der Waals surface area contributed by atoms with Crippen LogP contribution in [0.25, 0.3) is 0 Å². The average Bonchev–Trinajstić information content (AvgIpc) is 2.39. The van der Waals surface area contributed by atoms with Crippen molar-refractivity contribution in [3.05, 3.63) is 64.7 Å². The molecule has 1 amide bonds. The van der Waals surface area contributed by atoms with E-state index in [4.69, 9.17) is 29.6 Å². The number of rotatable bonds is 3. The number of nitrogens with one attached hydrogen (secondary N) is 1. The van der Waals surface area contributed by atoms with Gasteiger partial charge in [0, 0.05) is 5.56 Å². The van der Waals surface area contributed by atoms with Gasteiger partial charge in [0.2, 0.25) is 0 Å². The number of hydrogen-bond acceptors (Lipinski definition) is 2. The zero-order valence-corrected chi connectivity index (χ0v) is 11.5. The van der Waals surface area contributed by atoms with E-state index in [1.807, 2.05) is 0 Å². The van der Waals surface area contributed by atoms with E-state index in [0.717, 1.165) is 0 Å². The molecule has 2 aromatic carbocycles. The predicted octanol–water partition coefficient (Wildman–Crippen LogP) is 3.23. The summed E-state index contributed by atoms with van der Waals surface area (Å²) in [6.07, 6.45) is 0. The quantitative estimate of drug-likeness (QED) is 0.853. The molecule has 96 valence electrons. The van der Waals surface area contributed by atoms with Crippen molar-refractivity contribution in [2.75, 3.05) is 5.32 Å². The lowest BCUT2D eigenvalue weighted by atomic mass is 10.1. The van der Waals surface area contributed by atoms with E-state index in [2.05, 4.69) is 5.32 Å². The summed E-state index contributed by atoms with van der Waals surface area (Å²) in [5.41, 5.74) is 7.21. The van der Waals surface area contributed by atoms with Crippen LogP contribution in [0.4, 0.5) is 5.69 Å². The SMILES string of the molecule is NC(=S)c1ccccc1NC(=O)c1ccccc1Cl. The number of hydrogen-bond donors (Lipinski definition) is 2. The summed E-state index contributed by atoms with van der Waals surface area (Å²) < 4.78 is 0. The van der Waals surface area contributed by atoms with Gasteiger partial charge in [0.1, 0.15) is 4.99 Å². The fourth-order valence-corrected chi connectivity index (χ4v) is 2.04. The molecule has 3 N–H and O–H groups in total. The maximum atomic E-state index is 12.1. The van der Waals surface area contributed by atoms with Gasteiger partial charge in [0.25, 0.3) is 5.91 Å². The van der Waals surface area contributed by atoms with Crippen LogP contribution in [0.1, 0.15) is 15.9 Å². The predicted molar refractivity (Wildman–Crippen MR) is 81.7 cm³/mol. The van der Waals surface area contributed by atoms with Crippen molar-refractivity contribution in [2.24, 2.45) is 5.73 Å². The fourth-order valence-electron chi connectivity index (χ4n) is 1.64. The molecule has 0 saturated carbocycles. The molecule has 0 aliphatic heterocycles. The van der Waals surface area contributed by atoms with Gasteiger partial charge in [-0.25, -0.2) is 0 Å². The highest BCUT2D eigenvalue weighted by Crippen LogP contribution is 2.19. The highest BCUT2D eigenvalue weighted by molar-refractivity contribution is 7.80. The standard InChI is InChI=1S/C14H11ClN2OS/c15-11-7-3-1-5-9(11)14(18)17-12-8-4-2-6-10(12)13(16)19/h1-8H,(H2,16,19)(H,17,18). The molecule has 0 bridgehead atoms. The van der Waals surface area contributed by atoms with Crippen LogP contribution in [-0.4, -0.2) is 10.9 Å². The molecular weight excluding hydrogens is 280 g/mol. The maximum Gasteiger partial charge on any atom is 0.257 e. The molecule has 2 rings (SSSR count). The number of halogens is 1. The molecule has 0 spiro atoms. The lowest BCUT2D eigenvalue weighted by Gasteiger charge is -2.10. The summed E-state index contributed by atoms with van der Waals surface area (Å²) in [4.78, 5) is 12.4. The topological polar surface area (TPSA) is 55.1 Å². The first-order valence-electron chi connectivity index (χ1n) is 5.54. The number of nitrogens with two attached hydrogens (primary N) is 1. The van der Waals surface area contributed by atoms with Crippen LogP contribution in [0.5, 0.6) is 0 Å². The van der Waals surface area contributed by atoms with Gasteiger partial charge in [-0.15, -0.1) is 0 Å². The number of anilines is 1. The summed E-state index contributed by atoms with van der Waals surface area (Å²) in [6.45, 7) is 0. The van der Waals surface area contributed by atoms with E-state index in [-0.39, 0.29) is 10.9 Å². The van der Waals surface area contributed by atoms with Crippen molar-refractivity contribution in [1.29, 1.82) is 0 Å². The Hall–Kier alpha value is -1.91. The minimum Gasteiger partial charge on any atom is -0.389 e. The van der Waals surface area contributed by atoms with E-state index >= 15 is 0 Å². The third-order valence-electron chi connectivity index (χ3n) is 2.56. The highest BCUT2D eigenvalue weighted by Gasteiger charge is 2.12. The maximum absolute atomic E-state index is 12.1. The molecule has 0 aromatic heterocycles. The molecule has 0 saturated heterocycles. The second-order valence-electron chi connectivity index (χ2n) is 3.84. The number of amides is 1. The molecule has 0 unspecified atom stereocenters. The van der Waals surface area contributed by atoms with Crippen LogP contribution in [0.2, 0.25) is 5.02 Å². The van der Waals surface area contributed by atoms with Crippen LogP contribution in [0.3, 0.4) is 0 Å². The van der Waals surface area contributed by atoms with Crippen molar-refractivity contribution in [3.8, 4) is 0 Å². The minimum atomic E-state index is -0.297. The highest BCUT2D eigenvalue weighted by atomic mass is 35.5. The van der Waals surface area contributed by atoms with E-state index in [1.165, 1.54) is 0 Å². The van der Waals surface area contributed by atoms with Crippen molar-refractivity contribution in [1.82, 2.24) is 0 Å². The normalized spacial score (nSPS) is 9.95. The second-order valence-corrected chi connectivity index (χ2v) is 4.69. The Morgan fingerprint density at radius 1 is 1.05 bits per heavy atom. The summed E-state index contributed by atoms with van der Waals surface area (Å²) in [5, 5.41) is 3.15. The minimum absolute atomic E-state index is 0.232. The lowest BCUT2D eigenvalue weighted by molar-refractivity contribution is 0.102. The molecule has 0 fully saturated rings. The number of thiocarbonyl (C=S) groups is 1. The largest absolute Gasteiger partial charge is 0.389 e. The fraction of sp³-hybridized carbons (Fsp3) is 0. The van der Waals surface area contributed by atoms with Gasteiger partial charge in [-0.05, 0) is 24.3 Å². The first-order chi connectivity index (χ1) is 9.09. The summed E-state index contributed by atoms with van der Waals surface area (Å²) in [7, 11) is 0. The summed E-state index contributed by atoms with van der Waals surface area (Å²) >= 11 is 10.9. The van der Waals surface area contributed by atoms with Crippen molar-refractivity contribution in [3.63, 3.8) is 0 Å². The molecule has 0 atom stereocenters. The number of carbonyl (C=O) groups excluding carboxylic acids is 1. The number of carbonyl (C=O) groups is 1. The van der Waals surface area contributed by atoms with E-state index in [0.29, 0.717) is 21.8 Å². The van der Waals surface area contributed by atoms with Crippen molar-refractivity contribution >= 4 is 40.4 Å².